The largest absolute Gasteiger partial charge is 0.435 e. The lowest BCUT2D eigenvalue weighted by Crippen LogP contribution is -2.36. The summed E-state index contributed by atoms with van der Waals surface area (Å²) in [6, 6.07) is 6.12. The van der Waals surface area contributed by atoms with Crippen LogP contribution in [0.2, 0.25) is 0 Å². The van der Waals surface area contributed by atoms with Crippen molar-refractivity contribution in [3.05, 3.63) is 29.8 Å². The average molecular weight is 322 g/mol. The number of hydrogen-bond donors (Lipinski definition) is 1. The van der Waals surface area contributed by atoms with Crippen LogP contribution in [0.3, 0.4) is 0 Å². The highest BCUT2D eigenvalue weighted by Gasteiger charge is 2.22. The van der Waals surface area contributed by atoms with Gasteiger partial charge >= 0.3 is 6.61 Å². The van der Waals surface area contributed by atoms with Gasteiger partial charge in [-0.2, -0.15) is 8.78 Å². The summed E-state index contributed by atoms with van der Waals surface area (Å²) in [6.07, 6.45) is 0. The van der Waals surface area contributed by atoms with Gasteiger partial charge in [-0.25, -0.2) is 0 Å². The Balaban J connectivity index is 2.52. The van der Waals surface area contributed by atoms with Gasteiger partial charge in [-0.1, -0.05) is 28.1 Å². The third-order valence-corrected chi connectivity index (χ3v) is 2.50. The molecular formula is C12H14BrF2NO2. The molecule has 0 saturated heterocycles. The molecule has 6 heteroatoms. The summed E-state index contributed by atoms with van der Waals surface area (Å²) in [5.74, 6) is -0.0451. The first-order valence-electron chi connectivity index (χ1n) is 5.30. The second kappa shape index (κ2) is 6.13. The summed E-state index contributed by atoms with van der Waals surface area (Å²) < 4.78 is 27.4. The molecule has 0 spiro atoms. The number of amides is 1. The fraction of sp³-hybridized carbons (Fsp3) is 0.417. The van der Waals surface area contributed by atoms with Crippen molar-refractivity contribution in [1.82, 2.24) is 5.32 Å². The normalized spacial score (nSPS) is 11.4. The Morgan fingerprint density at radius 2 is 1.94 bits per heavy atom. The molecular weight excluding hydrogens is 308 g/mol. The van der Waals surface area contributed by atoms with E-state index in [0.717, 1.165) is 5.56 Å². The maximum absolute atomic E-state index is 11.9. The first kappa shape index (κ1) is 14.9. The lowest BCUT2D eigenvalue weighted by molar-refractivity contribution is -0.122. The van der Waals surface area contributed by atoms with Gasteiger partial charge in [0.25, 0.3) is 0 Å². The zero-order valence-electron chi connectivity index (χ0n) is 10.0. The molecule has 1 aromatic carbocycles. The monoisotopic (exact) mass is 321 g/mol. The smallest absolute Gasteiger partial charge is 0.387 e. The number of carbonyl (C=O) groups is 1. The van der Waals surface area contributed by atoms with Crippen LogP contribution in [-0.2, 0) is 11.3 Å². The molecule has 0 fully saturated rings. The van der Waals surface area contributed by atoms with E-state index in [1.54, 1.807) is 26.0 Å². The van der Waals surface area contributed by atoms with Crippen molar-refractivity contribution >= 4 is 21.8 Å². The van der Waals surface area contributed by atoms with Crippen LogP contribution >= 0.6 is 15.9 Å². The Hall–Kier alpha value is -1.17. The van der Waals surface area contributed by atoms with Gasteiger partial charge in [0.2, 0.25) is 5.91 Å². The molecule has 0 aliphatic heterocycles. The number of ether oxygens (including phenoxy) is 1. The Kier molecular flexibility index (Phi) is 5.07. The number of nitrogens with one attached hydrogen (secondary N) is 1. The molecule has 0 unspecified atom stereocenters. The Bertz CT molecular complexity index is 402. The number of rotatable bonds is 5. The van der Waals surface area contributed by atoms with E-state index in [1.807, 2.05) is 0 Å². The van der Waals surface area contributed by atoms with Crippen molar-refractivity contribution in [2.45, 2.75) is 31.3 Å². The number of benzene rings is 1. The molecule has 3 nitrogen and oxygen atoms in total. The molecule has 1 aromatic rings. The Labute approximate surface area is 113 Å². The van der Waals surface area contributed by atoms with Crippen LogP contribution < -0.4 is 10.1 Å². The lowest BCUT2D eigenvalue weighted by Gasteiger charge is -2.15. The summed E-state index contributed by atoms with van der Waals surface area (Å²) in [6.45, 7) is 0.983. The van der Waals surface area contributed by atoms with Crippen LogP contribution in [0, 0.1) is 0 Å². The van der Waals surface area contributed by atoms with Crippen molar-refractivity contribution < 1.29 is 18.3 Å². The second-order valence-electron chi connectivity index (χ2n) is 4.18. The van der Waals surface area contributed by atoms with Gasteiger partial charge in [0.1, 0.15) is 5.75 Å². The molecule has 0 aromatic heterocycles. The predicted molar refractivity (Wildman–Crippen MR) is 67.9 cm³/mol. The highest BCUT2D eigenvalue weighted by Crippen LogP contribution is 2.17. The minimum Gasteiger partial charge on any atom is -0.435 e. The summed E-state index contributed by atoms with van der Waals surface area (Å²) in [5, 5.41) is 2.72. The maximum Gasteiger partial charge on any atom is 0.387 e. The summed E-state index contributed by atoms with van der Waals surface area (Å²) >= 11 is 3.24. The van der Waals surface area contributed by atoms with E-state index >= 15 is 0 Å². The average Bonchev–Trinajstić information content (AvgIpc) is 2.25. The van der Waals surface area contributed by atoms with Crippen molar-refractivity contribution in [3.63, 3.8) is 0 Å². The molecule has 100 valence electrons. The molecule has 0 atom stereocenters. The Morgan fingerprint density at radius 3 is 2.39 bits per heavy atom. The molecule has 1 rings (SSSR count). The fourth-order valence-electron chi connectivity index (χ4n) is 1.18. The summed E-state index contributed by atoms with van der Waals surface area (Å²) in [7, 11) is 0. The molecule has 0 aliphatic rings. The van der Waals surface area contributed by atoms with Gasteiger partial charge in [0.15, 0.2) is 0 Å². The topological polar surface area (TPSA) is 38.3 Å². The minimum absolute atomic E-state index is 0.0981. The van der Waals surface area contributed by atoms with Crippen LogP contribution in [0.15, 0.2) is 24.3 Å². The molecule has 1 amide bonds. The Morgan fingerprint density at radius 1 is 1.39 bits per heavy atom. The van der Waals surface area contributed by atoms with Gasteiger partial charge in [-0.3, -0.25) is 4.79 Å². The van der Waals surface area contributed by atoms with E-state index in [9.17, 15) is 13.6 Å². The van der Waals surface area contributed by atoms with E-state index in [-0.39, 0.29) is 11.7 Å². The van der Waals surface area contributed by atoms with Gasteiger partial charge in [0, 0.05) is 6.54 Å². The van der Waals surface area contributed by atoms with E-state index in [1.165, 1.54) is 12.1 Å². The lowest BCUT2D eigenvalue weighted by atomic mass is 10.2. The fourth-order valence-corrected chi connectivity index (χ4v) is 1.32. The van der Waals surface area contributed by atoms with E-state index in [0.29, 0.717) is 6.54 Å². The first-order chi connectivity index (χ1) is 8.29. The highest BCUT2D eigenvalue weighted by molar-refractivity contribution is 9.10. The van der Waals surface area contributed by atoms with E-state index in [2.05, 4.69) is 26.0 Å². The molecule has 0 aliphatic carbocycles. The second-order valence-corrected chi connectivity index (χ2v) is 6.16. The van der Waals surface area contributed by atoms with Crippen LogP contribution in [-0.4, -0.2) is 16.8 Å². The minimum atomic E-state index is -2.83. The van der Waals surface area contributed by atoms with Crippen LogP contribution in [0.1, 0.15) is 19.4 Å². The summed E-state index contributed by atoms with van der Waals surface area (Å²) in [5.41, 5.74) is 0.807. The molecule has 18 heavy (non-hydrogen) atoms. The molecule has 1 N–H and O–H groups in total. The number of carbonyl (C=O) groups excluding carboxylic acids is 1. The number of hydrogen-bond acceptors (Lipinski definition) is 2. The number of alkyl halides is 3. The van der Waals surface area contributed by atoms with Gasteiger partial charge in [0.05, 0.1) is 4.32 Å². The van der Waals surface area contributed by atoms with Crippen molar-refractivity contribution in [3.8, 4) is 5.75 Å². The van der Waals surface area contributed by atoms with Gasteiger partial charge in [-0.15, -0.1) is 0 Å². The van der Waals surface area contributed by atoms with Gasteiger partial charge < -0.3 is 10.1 Å². The third-order valence-electron chi connectivity index (χ3n) is 2.14. The van der Waals surface area contributed by atoms with Crippen LogP contribution in [0.25, 0.3) is 0 Å². The molecule has 0 heterocycles. The van der Waals surface area contributed by atoms with E-state index in [4.69, 9.17) is 0 Å². The van der Waals surface area contributed by atoms with Crippen molar-refractivity contribution in [2.24, 2.45) is 0 Å². The zero-order chi connectivity index (χ0) is 13.8. The predicted octanol–water partition coefficient (Wildman–Crippen LogP) is 3.08. The summed E-state index contributed by atoms with van der Waals surface area (Å²) in [4.78, 5) is 11.6. The maximum atomic E-state index is 11.9. The molecule has 0 bridgehead atoms. The van der Waals surface area contributed by atoms with Crippen LogP contribution in [0.5, 0.6) is 5.75 Å². The highest BCUT2D eigenvalue weighted by atomic mass is 79.9. The van der Waals surface area contributed by atoms with Crippen molar-refractivity contribution in [1.29, 1.82) is 0 Å². The van der Waals surface area contributed by atoms with E-state index < -0.39 is 10.9 Å². The molecule has 0 radical (unpaired) electrons. The van der Waals surface area contributed by atoms with Crippen LogP contribution in [0.4, 0.5) is 8.78 Å². The van der Waals surface area contributed by atoms with Crippen molar-refractivity contribution in [2.75, 3.05) is 0 Å². The zero-order valence-corrected chi connectivity index (χ0v) is 11.6. The first-order valence-corrected chi connectivity index (χ1v) is 6.09. The third kappa shape index (κ3) is 5.00. The number of halogens is 3. The quantitative estimate of drug-likeness (QED) is 0.846. The molecule has 0 saturated carbocycles. The standard InChI is InChI=1S/C12H14BrF2NO2/c1-12(2,13)10(17)16-7-8-3-5-9(6-4-8)18-11(14)15/h3-6,11H,7H2,1-2H3,(H,16,17). The van der Waals surface area contributed by atoms with Gasteiger partial charge in [-0.05, 0) is 31.5 Å². The SMILES string of the molecule is CC(C)(Br)C(=O)NCc1ccc(OC(F)F)cc1.